The summed E-state index contributed by atoms with van der Waals surface area (Å²) < 4.78 is 5.83. The molecule has 0 bridgehead atoms. The lowest BCUT2D eigenvalue weighted by atomic mass is 9.98. The van der Waals surface area contributed by atoms with E-state index in [2.05, 4.69) is 57.7 Å². The standard InChI is InChI=1S/C16H36N4OSi/c1-9-19(5)15(12-18-4)16(2,3)20(13-17)14-21-10-11-22(6,7)8/h12-13,17-18H,9-11,14H2,1-8H3/b15-12+,17-13?. The van der Waals surface area contributed by atoms with E-state index in [1.165, 1.54) is 6.34 Å². The molecule has 0 saturated heterocycles. The van der Waals surface area contributed by atoms with Crippen LogP contribution in [0.5, 0.6) is 0 Å². The molecule has 0 spiro atoms. The zero-order chi connectivity index (χ0) is 17.4. The Morgan fingerprint density at radius 2 is 1.91 bits per heavy atom. The molecule has 0 unspecified atom stereocenters. The first-order valence-corrected chi connectivity index (χ1v) is 11.7. The molecule has 0 aliphatic heterocycles. The predicted octanol–water partition coefficient (Wildman–Crippen LogP) is 3.00. The molecule has 0 aliphatic rings. The zero-order valence-electron chi connectivity index (χ0n) is 15.8. The van der Waals surface area contributed by atoms with Gasteiger partial charge in [0.1, 0.15) is 6.73 Å². The van der Waals surface area contributed by atoms with Crippen LogP contribution in [-0.2, 0) is 4.74 Å². The first kappa shape index (κ1) is 21.0. The van der Waals surface area contributed by atoms with Gasteiger partial charge in [0.15, 0.2) is 0 Å². The summed E-state index contributed by atoms with van der Waals surface area (Å²) in [5.41, 5.74) is 0.823. The largest absolute Gasteiger partial charge is 0.393 e. The summed E-state index contributed by atoms with van der Waals surface area (Å²) >= 11 is 0. The molecular weight excluding hydrogens is 292 g/mol. The molecule has 22 heavy (non-hydrogen) atoms. The van der Waals surface area contributed by atoms with Crippen LogP contribution in [0.1, 0.15) is 20.8 Å². The molecule has 0 fully saturated rings. The Labute approximate surface area is 138 Å². The van der Waals surface area contributed by atoms with E-state index in [0.717, 1.165) is 24.9 Å². The molecule has 0 rings (SSSR count). The molecule has 130 valence electrons. The van der Waals surface area contributed by atoms with Crippen molar-refractivity contribution in [1.82, 2.24) is 15.1 Å². The van der Waals surface area contributed by atoms with Crippen LogP contribution in [0.2, 0.25) is 25.7 Å². The molecule has 0 aromatic heterocycles. The van der Waals surface area contributed by atoms with Crippen LogP contribution in [0.15, 0.2) is 11.9 Å². The third-order valence-corrected chi connectivity index (χ3v) is 5.60. The Kier molecular flexibility index (Phi) is 8.78. The van der Waals surface area contributed by atoms with E-state index in [1.807, 2.05) is 18.1 Å². The van der Waals surface area contributed by atoms with Crippen molar-refractivity contribution in [3.8, 4) is 0 Å². The second-order valence-electron chi connectivity index (χ2n) is 7.34. The summed E-state index contributed by atoms with van der Waals surface area (Å²) in [4.78, 5) is 4.13. The molecule has 5 nitrogen and oxygen atoms in total. The number of nitrogens with one attached hydrogen (secondary N) is 2. The van der Waals surface area contributed by atoms with Gasteiger partial charge in [-0.3, -0.25) is 5.41 Å². The quantitative estimate of drug-likeness (QED) is 0.201. The van der Waals surface area contributed by atoms with Crippen LogP contribution in [0.3, 0.4) is 0 Å². The summed E-state index contributed by atoms with van der Waals surface area (Å²) in [6, 6.07) is 1.15. The van der Waals surface area contributed by atoms with E-state index in [-0.39, 0.29) is 5.54 Å². The highest BCUT2D eigenvalue weighted by Gasteiger charge is 2.31. The summed E-state index contributed by atoms with van der Waals surface area (Å²) in [6.45, 7) is 15.5. The molecule has 2 N–H and O–H groups in total. The van der Waals surface area contributed by atoms with Gasteiger partial charge < -0.3 is 19.9 Å². The highest BCUT2D eigenvalue weighted by Crippen LogP contribution is 2.25. The predicted molar refractivity (Wildman–Crippen MR) is 99.1 cm³/mol. The fourth-order valence-electron chi connectivity index (χ4n) is 2.11. The number of hydrogen-bond acceptors (Lipinski definition) is 4. The fraction of sp³-hybridized carbons (Fsp3) is 0.812. The van der Waals surface area contributed by atoms with Crippen molar-refractivity contribution < 1.29 is 4.74 Å². The average molecular weight is 329 g/mol. The maximum atomic E-state index is 7.76. The van der Waals surface area contributed by atoms with Gasteiger partial charge in [0.2, 0.25) is 0 Å². The van der Waals surface area contributed by atoms with E-state index < -0.39 is 8.07 Å². The molecule has 0 aromatic rings. The molecule has 0 amide bonds. The molecule has 0 heterocycles. The van der Waals surface area contributed by atoms with Crippen LogP contribution >= 0.6 is 0 Å². The van der Waals surface area contributed by atoms with Crippen molar-refractivity contribution in [2.75, 3.05) is 34.0 Å². The monoisotopic (exact) mass is 328 g/mol. The minimum absolute atomic E-state index is 0.311. The number of rotatable bonds is 11. The SMILES string of the molecule is CCN(C)/C(=C/NC)C(C)(C)N(C=N)COCC[Si](C)(C)C. The van der Waals surface area contributed by atoms with Gasteiger partial charge in [-0.2, -0.15) is 0 Å². The van der Waals surface area contributed by atoms with Crippen molar-refractivity contribution in [2.45, 2.75) is 52.0 Å². The Bertz CT molecular complexity index is 364. The van der Waals surface area contributed by atoms with E-state index in [0.29, 0.717) is 6.73 Å². The first-order chi connectivity index (χ1) is 10.1. The number of hydrogen-bond donors (Lipinski definition) is 2. The van der Waals surface area contributed by atoms with Gasteiger partial charge in [-0.15, -0.1) is 0 Å². The van der Waals surface area contributed by atoms with Gasteiger partial charge >= 0.3 is 0 Å². The van der Waals surface area contributed by atoms with Crippen LogP contribution in [0, 0.1) is 5.41 Å². The van der Waals surface area contributed by atoms with E-state index in [9.17, 15) is 0 Å². The number of likely N-dealkylation sites (N-methyl/N-ethyl adjacent to an activating group) is 1. The van der Waals surface area contributed by atoms with Crippen molar-refractivity contribution in [2.24, 2.45) is 0 Å². The maximum absolute atomic E-state index is 7.76. The van der Waals surface area contributed by atoms with E-state index in [1.54, 1.807) is 0 Å². The van der Waals surface area contributed by atoms with Gasteiger partial charge in [-0.05, 0) is 26.8 Å². The first-order valence-electron chi connectivity index (χ1n) is 8.04. The topological polar surface area (TPSA) is 51.6 Å². The van der Waals surface area contributed by atoms with Crippen LogP contribution < -0.4 is 5.32 Å². The number of nitrogens with zero attached hydrogens (tertiary/aromatic N) is 2. The Morgan fingerprint density at radius 3 is 2.32 bits per heavy atom. The third-order valence-electron chi connectivity index (χ3n) is 3.89. The second-order valence-corrected chi connectivity index (χ2v) is 13.0. The van der Waals surface area contributed by atoms with Crippen LogP contribution in [0.25, 0.3) is 0 Å². The number of ether oxygens (including phenoxy) is 1. The summed E-state index contributed by atoms with van der Waals surface area (Å²) in [7, 11) is 2.90. The van der Waals surface area contributed by atoms with Crippen LogP contribution in [0.4, 0.5) is 0 Å². The van der Waals surface area contributed by atoms with Crippen molar-refractivity contribution in [3.63, 3.8) is 0 Å². The molecular formula is C16H36N4OSi. The minimum Gasteiger partial charge on any atom is -0.393 e. The smallest absolute Gasteiger partial charge is 0.120 e. The van der Waals surface area contributed by atoms with Gasteiger partial charge in [-0.1, -0.05) is 19.6 Å². The molecule has 0 atom stereocenters. The van der Waals surface area contributed by atoms with Crippen molar-refractivity contribution in [3.05, 3.63) is 11.9 Å². The summed E-state index contributed by atoms with van der Waals surface area (Å²) in [6.07, 6.45) is 3.38. The van der Waals surface area contributed by atoms with Gasteiger partial charge in [0.25, 0.3) is 0 Å². The van der Waals surface area contributed by atoms with Crippen molar-refractivity contribution >= 4 is 14.4 Å². The highest BCUT2D eigenvalue weighted by molar-refractivity contribution is 6.76. The molecule has 0 aromatic carbocycles. The Hall–Kier alpha value is -1.01. The highest BCUT2D eigenvalue weighted by atomic mass is 28.3. The van der Waals surface area contributed by atoms with Crippen LogP contribution in [-0.4, -0.2) is 63.7 Å². The lowest BCUT2D eigenvalue weighted by molar-refractivity contribution is 0.0343. The molecule has 6 heteroatoms. The maximum Gasteiger partial charge on any atom is 0.120 e. The molecule has 0 radical (unpaired) electrons. The molecule has 0 aliphatic carbocycles. The summed E-state index contributed by atoms with van der Waals surface area (Å²) in [5, 5.41) is 10.9. The van der Waals surface area contributed by atoms with Gasteiger partial charge in [-0.25, -0.2) is 0 Å². The third kappa shape index (κ3) is 6.83. The second kappa shape index (κ2) is 9.20. The fourth-order valence-corrected chi connectivity index (χ4v) is 2.87. The lowest BCUT2D eigenvalue weighted by Crippen LogP contribution is -2.50. The van der Waals surface area contributed by atoms with E-state index in [4.69, 9.17) is 10.1 Å². The Morgan fingerprint density at radius 1 is 1.32 bits per heavy atom. The lowest BCUT2D eigenvalue weighted by Gasteiger charge is -2.42. The zero-order valence-corrected chi connectivity index (χ0v) is 16.8. The van der Waals surface area contributed by atoms with E-state index >= 15 is 0 Å². The summed E-state index contributed by atoms with van der Waals surface area (Å²) in [5.74, 6) is 0. The Balaban J connectivity index is 4.87. The minimum atomic E-state index is -1.07. The normalized spacial score (nSPS) is 13.0. The van der Waals surface area contributed by atoms with Gasteiger partial charge in [0, 0.05) is 41.5 Å². The average Bonchev–Trinajstić information content (AvgIpc) is 2.42. The molecule has 0 saturated carbocycles. The van der Waals surface area contributed by atoms with Gasteiger partial charge in [0.05, 0.1) is 17.6 Å². The van der Waals surface area contributed by atoms with Crippen molar-refractivity contribution in [1.29, 1.82) is 5.41 Å².